The van der Waals surface area contributed by atoms with Gasteiger partial charge in [-0.05, 0) is 22.9 Å². The van der Waals surface area contributed by atoms with Crippen LogP contribution in [0.3, 0.4) is 0 Å². The van der Waals surface area contributed by atoms with E-state index in [1.807, 2.05) is 36.4 Å². The fourth-order valence-electron chi connectivity index (χ4n) is 1.78. The second-order valence-corrected chi connectivity index (χ2v) is 3.57. The van der Waals surface area contributed by atoms with E-state index in [9.17, 15) is 4.79 Å². The molecule has 2 rings (SSSR count). The molecule has 0 radical (unpaired) electrons. The lowest BCUT2D eigenvalue weighted by atomic mass is 10.0. The number of carbonyl (C=O) groups is 1. The van der Waals surface area contributed by atoms with E-state index in [-0.39, 0.29) is 0 Å². The number of hydrogen-bond donors (Lipinski definition) is 1. The molecule has 0 amide bonds. The van der Waals surface area contributed by atoms with Gasteiger partial charge in [0.1, 0.15) is 5.75 Å². The minimum absolute atomic E-state index is 0.668. The van der Waals surface area contributed by atoms with Crippen LogP contribution in [0.2, 0.25) is 0 Å². The largest absolute Gasteiger partial charge is 0.496 e. The molecule has 0 heterocycles. The number of methoxy groups -OCH3 is 1. The Balaban J connectivity index is 2.67. The molecule has 3 nitrogen and oxygen atoms in total. The van der Waals surface area contributed by atoms with Crippen LogP contribution >= 0.6 is 0 Å². The summed E-state index contributed by atoms with van der Waals surface area (Å²) in [6, 6.07) is 11.6. The van der Waals surface area contributed by atoms with Crippen molar-refractivity contribution in [1.29, 1.82) is 0 Å². The highest BCUT2D eigenvalue weighted by molar-refractivity contribution is 5.96. The van der Waals surface area contributed by atoms with Crippen LogP contribution in [0.1, 0.15) is 5.56 Å². The van der Waals surface area contributed by atoms with E-state index in [1.54, 1.807) is 13.2 Å². The van der Waals surface area contributed by atoms with Crippen LogP contribution in [-0.2, 0) is 4.79 Å². The van der Waals surface area contributed by atoms with Gasteiger partial charge >= 0.3 is 5.97 Å². The predicted octanol–water partition coefficient (Wildman–Crippen LogP) is 2.95. The van der Waals surface area contributed by atoms with Gasteiger partial charge in [0, 0.05) is 11.6 Å². The molecule has 0 fully saturated rings. The van der Waals surface area contributed by atoms with Crippen LogP contribution in [0.25, 0.3) is 16.8 Å². The number of ether oxygens (including phenoxy) is 1. The highest BCUT2D eigenvalue weighted by atomic mass is 16.5. The lowest BCUT2D eigenvalue weighted by molar-refractivity contribution is -0.131. The number of benzene rings is 2. The molecule has 0 aliphatic carbocycles. The van der Waals surface area contributed by atoms with Crippen molar-refractivity contribution < 1.29 is 14.6 Å². The van der Waals surface area contributed by atoms with E-state index >= 15 is 0 Å². The van der Waals surface area contributed by atoms with E-state index in [4.69, 9.17) is 9.84 Å². The SMILES string of the molecule is COc1ccc2ccccc2c1/C=C/C(=O)O. The maximum atomic E-state index is 10.6. The van der Waals surface area contributed by atoms with Gasteiger partial charge in [0.15, 0.2) is 0 Å². The molecule has 0 aliphatic heterocycles. The Morgan fingerprint density at radius 2 is 2.00 bits per heavy atom. The second kappa shape index (κ2) is 4.70. The van der Waals surface area contributed by atoms with Gasteiger partial charge in [0.05, 0.1) is 7.11 Å². The lowest BCUT2D eigenvalue weighted by Gasteiger charge is -2.08. The van der Waals surface area contributed by atoms with E-state index in [0.29, 0.717) is 5.75 Å². The van der Waals surface area contributed by atoms with Gasteiger partial charge in [-0.2, -0.15) is 0 Å². The van der Waals surface area contributed by atoms with Crippen molar-refractivity contribution in [3.8, 4) is 5.75 Å². The van der Waals surface area contributed by atoms with Gasteiger partial charge < -0.3 is 9.84 Å². The van der Waals surface area contributed by atoms with E-state index in [1.165, 1.54) is 0 Å². The lowest BCUT2D eigenvalue weighted by Crippen LogP contribution is -1.90. The van der Waals surface area contributed by atoms with Crippen molar-refractivity contribution in [2.75, 3.05) is 7.11 Å². The zero-order valence-electron chi connectivity index (χ0n) is 9.38. The minimum Gasteiger partial charge on any atom is -0.496 e. The van der Waals surface area contributed by atoms with Gasteiger partial charge in [-0.25, -0.2) is 4.79 Å². The number of aliphatic carboxylic acids is 1. The van der Waals surface area contributed by atoms with Crippen LogP contribution < -0.4 is 4.74 Å². The number of rotatable bonds is 3. The van der Waals surface area contributed by atoms with Crippen LogP contribution in [0.5, 0.6) is 5.75 Å². The quantitative estimate of drug-likeness (QED) is 0.821. The van der Waals surface area contributed by atoms with Crippen LogP contribution in [0.4, 0.5) is 0 Å². The molecule has 0 bridgehead atoms. The van der Waals surface area contributed by atoms with Gasteiger partial charge in [0.2, 0.25) is 0 Å². The van der Waals surface area contributed by atoms with Gasteiger partial charge in [0.25, 0.3) is 0 Å². The molecular weight excluding hydrogens is 216 g/mol. The third kappa shape index (κ3) is 2.28. The predicted molar refractivity (Wildman–Crippen MR) is 67.2 cm³/mol. The molecule has 86 valence electrons. The highest BCUT2D eigenvalue weighted by Crippen LogP contribution is 2.28. The van der Waals surface area contributed by atoms with Gasteiger partial charge in [-0.3, -0.25) is 0 Å². The van der Waals surface area contributed by atoms with Crippen molar-refractivity contribution in [1.82, 2.24) is 0 Å². The summed E-state index contributed by atoms with van der Waals surface area (Å²) in [6.45, 7) is 0. The summed E-state index contributed by atoms with van der Waals surface area (Å²) >= 11 is 0. The molecule has 0 saturated carbocycles. The molecule has 0 saturated heterocycles. The molecule has 3 heteroatoms. The van der Waals surface area contributed by atoms with E-state index in [2.05, 4.69) is 0 Å². The first-order chi connectivity index (χ1) is 8.22. The summed E-state index contributed by atoms with van der Waals surface area (Å²) < 4.78 is 5.24. The van der Waals surface area contributed by atoms with Crippen LogP contribution in [0.15, 0.2) is 42.5 Å². The topological polar surface area (TPSA) is 46.5 Å². The zero-order chi connectivity index (χ0) is 12.3. The summed E-state index contributed by atoms with van der Waals surface area (Å²) in [5.41, 5.74) is 0.785. The standard InChI is InChI=1S/C14H12O3/c1-17-13-8-6-10-4-2-3-5-11(10)12(13)7-9-14(15)16/h2-9H,1H3,(H,15,16)/b9-7+. The summed E-state index contributed by atoms with van der Waals surface area (Å²) in [6.07, 6.45) is 2.67. The first kappa shape index (κ1) is 11.2. The van der Waals surface area contributed by atoms with Crippen LogP contribution in [-0.4, -0.2) is 18.2 Å². The second-order valence-electron chi connectivity index (χ2n) is 3.57. The number of carboxylic acid groups (broad SMARTS) is 1. The number of carboxylic acids is 1. The minimum atomic E-state index is -0.972. The van der Waals surface area contributed by atoms with Crippen molar-refractivity contribution in [3.63, 3.8) is 0 Å². The fraction of sp³-hybridized carbons (Fsp3) is 0.0714. The normalized spacial score (nSPS) is 10.9. The van der Waals surface area contributed by atoms with E-state index < -0.39 is 5.97 Å². The Hall–Kier alpha value is -2.29. The average Bonchev–Trinajstić information content (AvgIpc) is 2.35. The number of fused-ring (bicyclic) bond motifs is 1. The molecule has 0 atom stereocenters. The molecule has 2 aromatic carbocycles. The smallest absolute Gasteiger partial charge is 0.328 e. The maximum Gasteiger partial charge on any atom is 0.328 e. The third-order valence-corrected chi connectivity index (χ3v) is 2.54. The Kier molecular flexibility index (Phi) is 3.10. The molecule has 0 unspecified atom stereocenters. The average molecular weight is 228 g/mol. The molecule has 0 aromatic heterocycles. The summed E-state index contributed by atoms with van der Waals surface area (Å²) in [4.78, 5) is 10.6. The maximum absolute atomic E-state index is 10.6. The molecule has 17 heavy (non-hydrogen) atoms. The molecule has 0 spiro atoms. The van der Waals surface area contributed by atoms with Crippen molar-refractivity contribution in [3.05, 3.63) is 48.0 Å². The number of hydrogen-bond acceptors (Lipinski definition) is 2. The molecular formula is C14H12O3. The molecule has 0 aliphatic rings. The Morgan fingerprint density at radius 1 is 1.24 bits per heavy atom. The molecule has 1 N–H and O–H groups in total. The fourth-order valence-corrected chi connectivity index (χ4v) is 1.78. The monoisotopic (exact) mass is 228 g/mol. The first-order valence-electron chi connectivity index (χ1n) is 5.19. The zero-order valence-corrected chi connectivity index (χ0v) is 9.38. The third-order valence-electron chi connectivity index (χ3n) is 2.54. The Morgan fingerprint density at radius 3 is 2.71 bits per heavy atom. The summed E-state index contributed by atoms with van der Waals surface area (Å²) in [5.74, 6) is -0.304. The van der Waals surface area contributed by atoms with Crippen molar-refractivity contribution in [2.24, 2.45) is 0 Å². The van der Waals surface area contributed by atoms with Crippen molar-refractivity contribution in [2.45, 2.75) is 0 Å². The van der Waals surface area contributed by atoms with Crippen molar-refractivity contribution >= 4 is 22.8 Å². The van der Waals surface area contributed by atoms with Crippen LogP contribution in [0, 0.1) is 0 Å². The van der Waals surface area contributed by atoms with Gasteiger partial charge in [-0.15, -0.1) is 0 Å². The van der Waals surface area contributed by atoms with E-state index in [0.717, 1.165) is 22.4 Å². The summed E-state index contributed by atoms with van der Waals surface area (Å²) in [7, 11) is 1.57. The molecule has 2 aromatic rings. The highest BCUT2D eigenvalue weighted by Gasteiger charge is 2.05. The first-order valence-corrected chi connectivity index (χ1v) is 5.19. The Labute approximate surface area is 99.0 Å². The Bertz CT molecular complexity index is 585. The summed E-state index contributed by atoms with van der Waals surface area (Å²) in [5, 5.41) is 10.7. The van der Waals surface area contributed by atoms with Gasteiger partial charge in [-0.1, -0.05) is 30.3 Å².